The number of hydroxylamine groups is 3. The molecular weight excluding hydrogens is 294 g/mol. The Morgan fingerprint density at radius 2 is 1.12 bits per heavy atom. The van der Waals surface area contributed by atoms with Crippen molar-refractivity contribution in [3.8, 4) is 5.75 Å². The van der Waals surface area contributed by atoms with E-state index in [1.54, 1.807) is 0 Å². The van der Waals surface area contributed by atoms with Crippen molar-refractivity contribution < 1.29 is 9.48 Å². The minimum absolute atomic E-state index is 0.613. The summed E-state index contributed by atoms with van der Waals surface area (Å²) in [4.78, 5) is 6.04. The van der Waals surface area contributed by atoms with Gasteiger partial charge >= 0.3 is 0 Å². The van der Waals surface area contributed by atoms with Crippen molar-refractivity contribution in [3.05, 3.63) is 30.3 Å². The third kappa shape index (κ3) is 11.5. The van der Waals surface area contributed by atoms with Crippen molar-refractivity contribution >= 4 is 0 Å². The fraction of sp³-hybridized carbons (Fsp3) is 0.727. The molecule has 0 aliphatic carbocycles. The van der Waals surface area contributed by atoms with Gasteiger partial charge in [0.05, 0.1) is 0 Å². The number of nitrogens with zero attached hydrogens (tertiary/aromatic N) is 1. The number of benzene rings is 1. The van der Waals surface area contributed by atoms with E-state index in [9.17, 15) is 0 Å². The maximum Gasteiger partial charge on any atom is 0.190 e. The molecule has 0 heterocycles. The van der Waals surface area contributed by atoms with E-state index >= 15 is 0 Å². The van der Waals surface area contributed by atoms with Gasteiger partial charge in [-0.1, -0.05) is 89.3 Å². The summed E-state index contributed by atoms with van der Waals surface area (Å²) in [6.45, 7) is 3.36. The molecule has 0 saturated heterocycles. The molecule has 1 aromatic rings. The third-order valence-electron chi connectivity index (χ3n) is 4.65. The Bertz CT molecular complexity index is 388. The average molecular weight is 335 g/mol. The normalized spacial score (nSPS) is 11.6. The van der Waals surface area contributed by atoms with Gasteiger partial charge in [-0.05, 0) is 18.6 Å². The minimum atomic E-state index is 0.613. The zero-order valence-electron chi connectivity index (χ0n) is 16.4. The van der Waals surface area contributed by atoms with E-state index in [0.29, 0.717) is 4.65 Å². The molecule has 24 heavy (non-hydrogen) atoms. The third-order valence-corrected chi connectivity index (χ3v) is 4.65. The maximum absolute atomic E-state index is 6.04. The summed E-state index contributed by atoms with van der Waals surface area (Å²) in [6.07, 6.45) is 16.8. The van der Waals surface area contributed by atoms with Crippen LogP contribution in [0.4, 0.5) is 0 Å². The van der Waals surface area contributed by atoms with Gasteiger partial charge < -0.3 is 4.84 Å². The van der Waals surface area contributed by atoms with Crippen LogP contribution in [-0.2, 0) is 0 Å². The molecule has 0 spiro atoms. The lowest BCUT2D eigenvalue weighted by atomic mass is 10.1. The molecule has 0 bridgehead atoms. The van der Waals surface area contributed by atoms with Gasteiger partial charge in [0, 0.05) is 6.42 Å². The number of para-hydroxylation sites is 1. The summed E-state index contributed by atoms with van der Waals surface area (Å²) in [7, 11) is 4.29. The van der Waals surface area contributed by atoms with E-state index in [1.807, 2.05) is 30.3 Å². The van der Waals surface area contributed by atoms with Crippen molar-refractivity contribution in [2.45, 2.75) is 84.0 Å². The number of unbranched alkanes of at least 4 members (excludes halogenated alkanes) is 11. The molecule has 2 heteroatoms. The van der Waals surface area contributed by atoms with E-state index in [4.69, 9.17) is 4.84 Å². The quantitative estimate of drug-likeness (QED) is 0.196. The number of hydrogen-bond donors (Lipinski definition) is 0. The summed E-state index contributed by atoms with van der Waals surface area (Å²) in [5.74, 6) is 0.960. The van der Waals surface area contributed by atoms with Crippen LogP contribution in [0.15, 0.2) is 30.3 Å². The Kier molecular flexibility index (Phi) is 11.6. The Balaban J connectivity index is 1.92. The molecule has 0 fully saturated rings. The van der Waals surface area contributed by atoms with Gasteiger partial charge in [0.2, 0.25) is 0 Å². The van der Waals surface area contributed by atoms with Gasteiger partial charge in [0.1, 0.15) is 20.6 Å². The number of quaternary nitrogens is 1. The summed E-state index contributed by atoms with van der Waals surface area (Å²) in [5, 5.41) is 0. The van der Waals surface area contributed by atoms with E-state index in [0.717, 1.165) is 12.3 Å². The van der Waals surface area contributed by atoms with Crippen LogP contribution in [0.3, 0.4) is 0 Å². The Morgan fingerprint density at radius 3 is 1.62 bits per heavy atom. The molecule has 0 aliphatic rings. The molecular formula is C22H40NO+. The van der Waals surface area contributed by atoms with E-state index in [2.05, 4.69) is 21.0 Å². The standard InChI is InChI=1S/C22H40NO/c1-4-5-6-7-8-9-10-11-12-13-14-18-21-23(2,3)24-22-19-16-15-17-20-22/h15-17,19-20H,4-14,18,21H2,1-3H3/q+1. The smallest absolute Gasteiger partial charge is 0.190 e. The van der Waals surface area contributed by atoms with Crippen LogP contribution < -0.4 is 4.84 Å². The van der Waals surface area contributed by atoms with Gasteiger partial charge in [0.15, 0.2) is 5.75 Å². The molecule has 0 saturated carbocycles. The van der Waals surface area contributed by atoms with Gasteiger partial charge in [-0.3, -0.25) is 0 Å². The second-order valence-corrected chi connectivity index (χ2v) is 7.59. The Hall–Kier alpha value is -1.02. The first-order valence-electron chi connectivity index (χ1n) is 10.2. The highest BCUT2D eigenvalue weighted by atomic mass is 16.7. The van der Waals surface area contributed by atoms with E-state index in [-0.39, 0.29) is 0 Å². The summed E-state index contributed by atoms with van der Waals surface area (Å²) in [5.41, 5.74) is 0. The summed E-state index contributed by atoms with van der Waals surface area (Å²) < 4.78 is 0.613. The van der Waals surface area contributed by atoms with Gasteiger partial charge in [0.25, 0.3) is 0 Å². The lowest BCUT2D eigenvalue weighted by Crippen LogP contribution is -2.43. The van der Waals surface area contributed by atoms with Crippen molar-refractivity contribution in [2.24, 2.45) is 0 Å². The topological polar surface area (TPSA) is 9.23 Å². The van der Waals surface area contributed by atoms with Crippen molar-refractivity contribution in [3.63, 3.8) is 0 Å². The molecule has 0 aromatic heterocycles. The van der Waals surface area contributed by atoms with Crippen molar-refractivity contribution in [1.82, 2.24) is 0 Å². The maximum atomic E-state index is 6.04. The van der Waals surface area contributed by atoms with E-state index in [1.165, 1.54) is 77.0 Å². The second-order valence-electron chi connectivity index (χ2n) is 7.59. The number of rotatable bonds is 15. The van der Waals surface area contributed by atoms with Gasteiger partial charge in [-0.15, -0.1) is 4.65 Å². The molecule has 1 aromatic carbocycles. The fourth-order valence-electron chi connectivity index (χ4n) is 3.15. The Labute approximate surface area is 150 Å². The number of hydrogen-bond acceptors (Lipinski definition) is 1. The molecule has 0 radical (unpaired) electrons. The first-order valence-corrected chi connectivity index (χ1v) is 10.2. The van der Waals surface area contributed by atoms with Crippen LogP contribution in [0, 0.1) is 0 Å². The molecule has 0 unspecified atom stereocenters. The van der Waals surface area contributed by atoms with Crippen molar-refractivity contribution in [1.29, 1.82) is 0 Å². The predicted molar refractivity (Wildman–Crippen MR) is 105 cm³/mol. The fourth-order valence-corrected chi connectivity index (χ4v) is 3.15. The largest absolute Gasteiger partial charge is 0.316 e. The van der Waals surface area contributed by atoms with Crippen LogP contribution in [0.25, 0.3) is 0 Å². The second kappa shape index (κ2) is 13.3. The highest BCUT2D eigenvalue weighted by Gasteiger charge is 2.17. The van der Waals surface area contributed by atoms with Gasteiger partial charge in [-0.25, -0.2) is 0 Å². The van der Waals surface area contributed by atoms with Crippen LogP contribution >= 0.6 is 0 Å². The lowest BCUT2D eigenvalue weighted by Gasteiger charge is -2.27. The van der Waals surface area contributed by atoms with Crippen molar-refractivity contribution in [2.75, 3.05) is 20.6 Å². The van der Waals surface area contributed by atoms with Crippen LogP contribution in [-0.4, -0.2) is 25.3 Å². The Morgan fingerprint density at radius 1 is 0.667 bits per heavy atom. The average Bonchev–Trinajstić information content (AvgIpc) is 2.56. The highest BCUT2D eigenvalue weighted by Crippen LogP contribution is 2.16. The predicted octanol–water partition coefficient (Wildman–Crippen LogP) is 6.76. The zero-order valence-corrected chi connectivity index (χ0v) is 16.4. The molecule has 0 amide bonds. The van der Waals surface area contributed by atoms with Gasteiger partial charge in [-0.2, -0.15) is 0 Å². The van der Waals surface area contributed by atoms with Crippen LogP contribution in [0.1, 0.15) is 84.0 Å². The van der Waals surface area contributed by atoms with Crippen LogP contribution in [0.5, 0.6) is 5.75 Å². The SMILES string of the molecule is CCCCCCCCCCCCCC[N+](C)(C)Oc1ccccc1. The summed E-state index contributed by atoms with van der Waals surface area (Å²) >= 11 is 0. The molecule has 0 N–H and O–H groups in total. The molecule has 0 aliphatic heterocycles. The molecule has 0 atom stereocenters. The molecule has 1 rings (SSSR count). The van der Waals surface area contributed by atoms with Crippen LogP contribution in [0.2, 0.25) is 0 Å². The zero-order chi connectivity index (χ0) is 17.5. The minimum Gasteiger partial charge on any atom is -0.316 e. The monoisotopic (exact) mass is 334 g/mol. The summed E-state index contributed by atoms with van der Waals surface area (Å²) in [6, 6.07) is 10.1. The molecule has 2 nitrogen and oxygen atoms in total. The highest BCUT2D eigenvalue weighted by molar-refractivity contribution is 5.20. The first-order chi connectivity index (χ1) is 11.6. The molecule has 138 valence electrons. The lowest BCUT2D eigenvalue weighted by molar-refractivity contribution is -1.05. The van der Waals surface area contributed by atoms with E-state index < -0.39 is 0 Å². The first kappa shape index (κ1) is 21.0.